The van der Waals surface area contributed by atoms with Gasteiger partial charge in [0, 0.05) is 54.7 Å². The van der Waals surface area contributed by atoms with Crippen molar-refractivity contribution < 1.29 is 9.53 Å². The Morgan fingerprint density at radius 1 is 0.926 bits per heavy atom. The van der Waals surface area contributed by atoms with Gasteiger partial charge in [-0.25, -0.2) is 4.79 Å². The van der Waals surface area contributed by atoms with Gasteiger partial charge in [-0.3, -0.25) is 4.90 Å². The highest BCUT2D eigenvalue weighted by molar-refractivity contribution is 6.01. The Labute approximate surface area is 158 Å². The molecule has 140 valence electrons. The molecule has 4 rings (SSSR count). The summed E-state index contributed by atoms with van der Waals surface area (Å²) in [6, 6.07) is 17.3. The van der Waals surface area contributed by atoms with Crippen molar-refractivity contribution in [3.63, 3.8) is 0 Å². The first-order chi connectivity index (χ1) is 13.3. The normalized spacial score (nSPS) is 15.0. The van der Waals surface area contributed by atoms with Crippen LogP contribution in [-0.4, -0.2) is 48.3 Å². The van der Waals surface area contributed by atoms with Crippen molar-refractivity contribution in [3.05, 3.63) is 60.8 Å². The standard InChI is InChI=1S/C21H24N4O2/c26-21(22-18-4-2-1-3-5-18)23-19-6-7-20-17(16-19)8-9-25(20)11-10-24-12-14-27-15-13-24/h1-9,16H,10-15H2,(H2,22,23,26). The molecule has 0 aliphatic carbocycles. The SMILES string of the molecule is O=C(Nc1ccccc1)Nc1ccc2c(ccn2CCN2CCOCC2)c1. The van der Waals surface area contributed by atoms with E-state index in [1.807, 2.05) is 42.5 Å². The fraction of sp³-hybridized carbons (Fsp3) is 0.286. The number of anilines is 2. The molecule has 1 fully saturated rings. The molecular weight excluding hydrogens is 340 g/mol. The summed E-state index contributed by atoms with van der Waals surface area (Å²) < 4.78 is 7.66. The molecule has 6 heteroatoms. The second kappa shape index (κ2) is 8.24. The number of morpholine rings is 1. The van der Waals surface area contributed by atoms with Crippen molar-refractivity contribution >= 4 is 28.3 Å². The first kappa shape index (κ1) is 17.6. The fourth-order valence-electron chi connectivity index (χ4n) is 3.36. The predicted molar refractivity (Wildman–Crippen MR) is 108 cm³/mol. The molecule has 6 nitrogen and oxygen atoms in total. The lowest BCUT2D eigenvalue weighted by molar-refractivity contribution is 0.0365. The fourth-order valence-corrected chi connectivity index (χ4v) is 3.36. The first-order valence-corrected chi connectivity index (χ1v) is 9.30. The van der Waals surface area contributed by atoms with E-state index in [1.165, 1.54) is 5.52 Å². The average molecular weight is 364 g/mol. The highest BCUT2D eigenvalue weighted by atomic mass is 16.5. The Morgan fingerprint density at radius 3 is 2.52 bits per heavy atom. The van der Waals surface area contributed by atoms with Crippen LogP contribution in [0, 0.1) is 0 Å². The van der Waals surface area contributed by atoms with Gasteiger partial charge in [-0.05, 0) is 36.4 Å². The van der Waals surface area contributed by atoms with Crippen LogP contribution in [0.3, 0.4) is 0 Å². The van der Waals surface area contributed by atoms with Gasteiger partial charge >= 0.3 is 6.03 Å². The lowest BCUT2D eigenvalue weighted by Crippen LogP contribution is -2.38. The topological polar surface area (TPSA) is 58.5 Å². The molecule has 2 N–H and O–H groups in total. The summed E-state index contributed by atoms with van der Waals surface area (Å²) in [5.41, 5.74) is 2.73. The Kier molecular flexibility index (Phi) is 5.37. The van der Waals surface area contributed by atoms with Gasteiger partial charge in [-0.15, -0.1) is 0 Å². The number of fused-ring (bicyclic) bond motifs is 1. The number of benzene rings is 2. The number of urea groups is 1. The van der Waals surface area contributed by atoms with E-state index in [1.54, 1.807) is 0 Å². The molecule has 1 aromatic heterocycles. The maximum atomic E-state index is 12.2. The Bertz CT molecular complexity index is 901. The molecule has 0 spiro atoms. The highest BCUT2D eigenvalue weighted by Gasteiger charge is 2.11. The molecule has 0 radical (unpaired) electrons. The summed E-state index contributed by atoms with van der Waals surface area (Å²) in [6.07, 6.45) is 2.11. The zero-order chi connectivity index (χ0) is 18.5. The molecule has 3 aromatic rings. The van der Waals surface area contributed by atoms with Crippen LogP contribution in [0.15, 0.2) is 60.8 Å². The van der Waals surface area contributed by atoms with Crippen LogP contribution < -0.4 is 10.6 Å². The van der Waals surface area contributed by atoms with Gasteiger partial charge in [0.2, 0.25) is 0 Å². The Hall–Kier alpha value is -2.83. The molecule has 2 amide bonds. The van der Waals surface area contributed by atoms with Crippen LogP contribution in [0.2, 0.25) is 0 Å². The van der Waals surface area contributed by atoms with E-state index in [0.717, 1.165) is 56.2 Å². The molecule has 0 unspecified atom stereocenters. The number of carbonyl (C=O) groups is 1. The molecule has 27 heavy (non-hydrogen) atoms. The molecule has 2 aromatic carbocycles. The van der Waals surface area contributed by atoms with Gasteiger partial charge < -0.3 is 19.9 Å². The largest absolute Gasteiger partial charge is 0.379 e. The lowest BCUT2D eigenvalue weighted by Gasteiger charge is -2.26. The quantitative estimate of drug-likeness (QED) is 0.727. The summed E-state index contributed by atoms with van der Waals surface area (Å²) in [4.78, 5) is 14.6. The number of nitrogens with zero attached hydrogens (tertiary/aromatic N) is 2. The van der Waals surface area contributed by atoms with Gasteiger partial charge in [-0.1, -0.05) is 18.2 Å². The lowest BCUT2D eigenvalue weighted by atomic mass is 10.2. The number of carbonyl (C=O) groups excluding carboxylic acids is 1. The van der Waals surface area contributed by atoms with E-state index < -0.39 is 0 Å². The summed E-state index contributed by atoms with van der Waals surface area (Å²) >= 11 is 0. The summed E-state index contributed by atoms with van der Waals surface area (Å²) in [5.74, 6) is 0. The van der Waals surface area contributed by atoms with E-state index in [2.05, 4.69) is 38.4 Å². The number of hydrogen-bond donors (Lipinski definition) is 2. The maximum Gasteiger partial charge on any atom is 0.323 e. The van der Waals surface area contributed by atoms with Crippen molar-refractivity contribution in [1.82, 2.24) is 9.47 Å². The zero-order valence-corrected chi connectivity index (χ0v) is 15.2. The smallest absolute Gasteiger partial charge is 0.323 e. The van der Waals surface area contributed by atoms with Crippen LogP contribution in [0.5, 0.6) is 0 Å². The van der Waals surface area contributed by atoms with E-state index in [0.29, 0.717) is 0 Å². The van der Waals surface area contributed by atoms with Crippen LogP contribution >= 0.6 is 0 Å². The summed E-state index contributed by atoms with van der Waals surface area (Å²) in [7, 11) is 0. The minimum absolute atomic E-state index is 0.243. The van der Waals surface area contributed by atoms with Gasteiger partial charge in [0.15, 0.2) is 0 Å². The van der Waals surface area contributed by atoms with Crippen LogP contribution in [0.1, 0.15) is 0 Å². The third-order valence-corrected chi connectivity index (χ3v) is 4.82. The van der Waals surface area contributed by atoms with E-state index in [4.69, 9.17) is 4.74 Å². The van der Waals surface area contributed by atoms with Crippen LogP contribution in [0.4, 0.5) is 16.2 Å². The zero-order valence-electron chi connectivity index (χ0n) is 15.2. The number of aromatic nitrogens is 1. The number of rotatable bonds is 5. The summed E-state index contributed by atoms with van der Waals surface area (Å²) in [5, 5.41) is 6.84. The number of amides is 2. The molecular formula is C21H24N4O2. The van der Waals surface area contributed by atoms with Crippen molar-refractivity contribution in [2.75, 3.05) is 43.5 Å². The third-order valence-electron chi connectivity index (χ3n) is 4.82. The first-order valence-electron chi connectivity index (χ1n) is 9.30. The van der Waals surface area contributed by atoms with Gasteiger partial charge in [0.1, 0.15) is 0 Å². The second-order valence-corrected chi connectivity index (χ2v) is 6.68. The molecule has 1 saturated heterocycles. The predicted octanol–water partition coefficient (Wildman–Crippen LogP) is 3.62. The molecule has 0 saturated carbocycles. The van der Waals surface area contributed by atoms with E-state index >= 15 is 0 Å². The van der Waals surface area contributed by atoms with E-state index in [9.17, 15) is 4.79 Å². The molecule has 0 bridgehead atoms. The summed E-state index contributed by atoms with van der Waals surface area (Å²) in [6.45, 7) is 5.63. The van der Waals surface area contributed by atoms with E-state index in [-0.39, 0.29) is 6.03 Å². The third kappa shape index (κ3) is 4.48. The maximum absolute atomic E-state index is 12.2. The van der Waals surface area contributed by atoms with Crippen molar-refractivity contribution in [2.45, 2.75) is 6.54 Å². The van der Waals surface area contributed by atoms with Gasteiger partial charge in [-0.2, -0.15) is 0 Å². The van der Waals surface area contributed by atoms with Gasteiger partial charge in [0.25, 0.3) is 0 Å². The highest BCUT2D eigenvalue weighted by Crippen LogP contribution is 2.21. The average Bonchev–Trinajstić information content (AvgIpc) is 3.10. The molecule has 2 heterocycles. The van der Waals surface area contributed by atoms with Crippen LogP contribution in [-0.2, 0) is 11.3 Å². The van der Waals surface area contributed by atoms with Crippen molar-refractivity contribution in [2.24, 2.45) is 0 Å². The van der Waals surface area contributed by atoms with Crippen LogP contribution in [0.25, 0.3) is 10.9 Å². The minimum atomic E-state index is -0.243. The molecule has 0 atom stereocenters. The second-order valence-electron chi connectivity index (χ2n) is 6.68. The van der Waals surface area contributed by atoms with Crippen molar-refractivity contribution in [3.8, 4) is 0 Å². The number of nitrogens with one attached hydrogen (secondary N) is 2. The van der Waals surface area contributed by atoms with Crippen molar-refractivity contribution in [1.29, 1.82) is 0 Å². The number of ether oxygens (including phenoxy) is 1. The number of hydrogen-bond acceptors (Lipinski definition) is 3. The minimum Gasteiger partial charge on any atom is -0.379 e. The number of para-hydroxylation sites is 1. The molecule has 1 aliphatic heterocycles. The Morgan fingerprint density at radius 2 is 1.70 bits per heavy atom. The Balaban J connectivity index is 1.38. The molecule has 1 aliphatic rings. The monoisotopic (exact) mass is 364 g/mol. The van der Waals surface area contributed by atoms with Gasteiger partial charge in [0.05, 0.1) is 13.2 Å².